The number of benzene rings is 2. The van der Waals surface area contributed by atoms with Crippen LogP contribution in [0, 0.1) is 0 Å². The average molecular weight is 354 g/mol. The normalized spacial score (nSPS) is 11.5. The molecule has 0 aliphatic rings. The van der Waals surface area contributed by atoms with Gasteiger partial charge < -0.3 is 0 Å². The fourth-order valence-electron chi connectivity index (χ4n) is 1.94. The maximum absolute atomic E-state index is 11.4. The monoisotopic (exact) mass is 354 g/mol. The zero-order valence-corrected chi connectivity index (χ0v) is 15.4. The van der Waals surface area contributed by atoms with Crippen LogP contribution in [0.5, 0.6) is 0 Å². The molecule has 0 N–H and O–H groups in total. The molecule has 0 heterocycles. The van der Waals surface area contributed by atoms with E-state index < -0.39 is 19.7 Å². The maximum atomic E-state index is 11.4. The van der Waals surface area contributed by atoms with Crippen LogP contribution >= 0.6 is 0 Å². The van der Waals surface area contributed by atoms with Crippen LogP contribution in [0.2, 0.25) is 0 Å². The Morgan fingerprint density at radius 1 is 0.609 bits per heavy atom. The maximum Gasteiger partial charge on any atom is 0.175 e. The van der Waals surface area contributed by atoms with Crippen LogP contribution in [0.3, 0.4) is 0 Å². The Morgan fingerprint density at radius 3 is 1.09 bits per heavy atom. The molecule has 0 spiro atoms. The molecule has 0 aliphatic carbocycles. The smallest absolute Gasteiger partial charge is 0.175 e. The molecule has 126 valence electrons. The first-order valence-corrected chi connectivity index (χ1v) is 11.0. The van der Waals surface area contributed by atoms with E-state index in [-0.39, 0.29) is 0 Å². The lowest BCUT2D eigenvalue weighted by Gasteiger charge is -2.05. The Morgan fingerprint density at radius 2 is 0.870 bits per heavy atom. The summed E-state index contributed by atoms with van der Waals surface area (Å²) in [5, 5.41) is 0. The first kappa shape index (κ1) is 19.4. The summed E-state index contributed by atoms with van der Waals surface area (Å²) in [7, 11) is -6.36. The van der Waals surface area contributed by atoms with Gasteiger partial charge in [0.15, 0.2) is 19.7 Å². The largest absolute Gasteiger partial charge is 0.224 e. The SMILES string of the molecule is CC.CS(=O)(=O)c1ccc(Cc2ccc(S(C)(=O)=O)cc2)cc1. The van der Waals surface area contributed by atoms with Gasteiger partial charge in [0.05, 0.1) is 9.79 Å². The number of hydrogen-bond donors (Lipinski definition) is 0. The summed E-state index contributed by atoms with van der Waals surface area (Å²) in [5.74, 6) is 0. The van der Waals surface area contributed by atoms with Crippen molar-refractivity contribution in [2.75, 3.05) is 12.5 Å². The van der Waals surface area contributed by atoms with Crippen LogP contribution in [-0.2, 0) is 26.1 Å². The topological polar surface area (TPSA) is 68.3 Å². The first-order chi connectivity index (χ1) is 10.7. The highest BCUT2D eigenvalue weighted by atomic mass is 32.2. The minimum Gasteiger partial charge on any atom is -0.224 e. The van der Waals surface area contributed by atoms with E-state index in [9.17, 15) is 16.8 Å². The molecule has 0 atom stereocenters. The minimum absolute atomic E-state index is 0.290. The molecule has 23 heavy (non-hydrogen) atoms. The van der Waals surface area contributed by atoms with Gasteiger partial charge in [-0.1, -0.05) is 38.1 Å². The van der Waals surface area contributed by atoms with Crippen molar-refractivity contribution in [1.82, 2.24) is 0 Å². The second-order valence-electron chi connectivity index (χ2n) is 5.01. The molecule has 0 aromatic heterocycles. The summed E-state index contributed by atoms with van der Waals surface area (Å²) in [4.78, 5) is 0.581. The lowest BCUT2D eigenvalue weighted by Crippen LogP contribution is -1.98. The van der Waals surface area contributed by atoms with Crippen molar-refractivity contribution in [3.05, 3.63) is 59.7 Å². The highest BCUT2D eigenvalue weighted by Gasteiger charge is 2.08. The van der Waals surface area contributed by atoms with E-state index in [2.05, 4.69) is 0 Å². The second kappa shape index (κ2) is 7.75. The van der Waals surface area contributed by atoms with Gasteiger partial charge in [-0.05, 0) is 41.8 Å². The molecular weight excluding hydrogens is 332 g/mol. The molecule has 2 aromatic rings. The fourth-order valence-corrected chi connectivity index (χ4v) is 3.21. The van der Waals surface area contributed by atoms with E-state index in [1.165, 1.54) is 12.5 Å². The zero-order chi connectivity index (χ0) is 17.7. The van der Waals surface area contributed by atoms with E-state index in [1.807, 2.05) is 13.8 Å². The van der Waals surface area contributed by atoms with Gasteiger partial charge in [-0.3, -0.25) is 0 Å². The predicted octanol–water partition coefficient (Wildman–Crippen LogP) is 3.11. The van der Waals surface area contributed by atoms with Gasteiger partial charge in [-0.2, -0.15) is 0 Å². The van der Waals surface area contributed by atoms with E-state index in [4.69, 9.17) is 0 Å². The molecule has 6 heteroatoms. The Bertz CT molecular complexity index is 759. The summed E-state index contributed by atoms with van der Waals surface area (Å²) in [6.45, 7) is 4.00. The molecule has 0 saturated heterocycles. The second-order valence-corrected chi connectivity index (χ2v) is 9.04. The Balaban J connectivity index is 0.00000127. The molecule has 0 fully saturated rings. The van der Waals surface area contributed by atoms with Gasteiger partial charge in [-0.15, -0.1) is 0 Å². The van der Waals surface area contributed by atoms with Crippen molar-refractivity contribution in [2.45, 2.75) is 30.1 Å². The van der Waals surface area contributed by atoms with Crippen molar-refractivity contribution < 1.29 is 16.8 Å². The van der Waals surface area contributed by atoms with Crippen LogP contribution in [0.1, 0.15) is 25.0 Å². The number of hydrogen-bond acceptors (Lipinski definition) is 4. The Kier molecular flexibility index (Phi) is 6.53. The zero-order valence-electron chi connectivity index (χ0n) is 13.8. The molecule has 0 aliphatic heterocycles. The van der Waals surface area contributed by atoms with Crippen LogP contribution in [0.4, 0.5) is 0 Å². The Labute approximate surface area is 139 Å². The van der Waals surface area contributed by atoms with E-state index in [1.54, 1.807) is 48.5 Å². The summed E-state index contributed by atoms with van der Waals surface area (Å²) in [6.07, 6.45) is 2.96. The van der Waals surface area contributed by atoms with Crippen molar-refractivity contribution in [2.24, 2.45) is 0 Å². The van der Waals surface area contributed by atoms with Gasteiger partial charge in [0, 0.05) is 12.5 Å². The van der Waals surface area contributed by atoms with Crippen LogP contribution in [0.25, 0.3) is 0 Å². The molecule has 2 aromatic carbocycles. The van der Waals surface area contributed by atoms with E-state index >= 15 is 0 Å². The van der Waals surface area contributed by atoms with Crippen LogP contribution < -0.4 is 0 Å². The highest BCUT2D eigenvalue weighted by Crippen LogP contribution is 2.16. The summed E-state index contributed by atoms with van der Waals surface area (Å²) in [5.41, 5.74) is 1.93. The summed E-state index contributed by atoms with van der Waals surface area (Å²) in [6, 6.07) is 13.4. The van der Waals surface area contributed by atoms with Gasteiger partial charge in [0.25, 0.3) is 0 Å². The Hall–Kier alpha value is -1.66. The van der Waals surface area contributed by atoms with Gasteiger partial charge in [-0.25, -0.2) is 16.8 Å². The third-order valence-corrected chi connectivity index (χ3v) is 5.37. The molecule has 0 saturated carbocycles. The van der Waals surface area contributed by atoms with Gasteiger partial charge in [0.1, 0.15) is 0 Å². The predicted molar refractivity (Wildman–Crippen MR) is 93.3 cm³/mol. The van der Waals surface area contributed by atoms with Crippen LogP contribution in [0.15, 0.2) is 58.3 Å². The standard InChI is InChI=1S/C15H16O4S2.C2H6/c1-20(16,17)14-7-3-12(4-8-14)11-13-5-9-15(10-6-13)21(2,18)19;1-2/h3-10H,11H2,1-2H3;1-2H3. The fraction of sp³-hybridized carbons (Fsp3) is 0.294. The van der Waals surface area contributed by atoms with Crippen molar-refractivity contribution in [1.29, 1.82) is 0 Å². The third-order valence-electron chi connectivity index (χ3n) is 3.11. The van der Waals surface area contributed by atoms with E-state index in [0.717, 1.165) is 11.1 Å². The van der Waals surface area contributed by atoms with Gasteiger partial charge in [0.2, 0.25) is 0 Å². The lowest BCUT2D eigenvalue weighted by atomic mass is 10.1. The minimum atomic E-state index is -3.18. The number of rotatable bonds is 4. The first-order valence-electron chi connectivity index (χ1n) is 7.24. The highest BCUT2D eigenvalue weighted by molar-refractivity contribution is 7.91. The van der Waals surface area contributed by atoms with Crippen molar-refractivity contribution >= 4 is 19.7 Å². The third kappa shape index (κ3) is 5.80. The molecule has 2 rings (SSSR count). The summed E-state index contributed by atoms with van der Waals surface area (Å²) >= 11 is 0. The molecule has 0 radical (unpaired) electrons. The molecule has 0 amide bonds. The van der Waals surface area contributed by atoms with Crippen molar-refractivity contribution in [3.63, 3.8) is 0 Å². The molecule has 0 bridgehead atoms. The van der Waals surface area contributed by atoms with Crippen LogP contribution in [-0.4, -0.2) is 29.3 Å². The molecule has 0 unspecified atom stereocenters. The summed E-state index contributed by atoms with van der Waals surface area (Å²) < 4.78 is 45.5. The van der Waals surface area contributed by atoms with E-state index in [0.29, 0.717) is 16.2 Å². The average Bonchev–Trinajstić information content (AvgIpc) is 2.48. The quantitative estimate of drug-likeness (QED) is 0.846. The lowest BCUT2D eigenvalue weighted by molar-refractivity contribution is 0.600. The van der Waals surface area contributed by atoms with Gasteiger partial charge >= 0.3 is 0 Å². The molecule has 4 nitrogen and oxygen atoms in total. The molecular formula is C17H22O4S2. The number of sulfone groups is 2. The van der Waals surface area contributed by atoms with Crippen molar-refractivity contribution in [3.8, 4) is 0 Å².